The number of carbonyl (C=O) groups is 2. The van der Waals surface area contributed by atoms with Crippen LogP contribution in [0.5, 0.6) is 0 Å². The first-order chi connectivity index (χ1) is 8.62. The molecule has 2 amide bonds. The summed E-state index contributed by atoms with van der Waals surface area (Å²) in [4.78, 5) is 22.1. The van der Waals surface area contributed by atoms with Crippen LogP contribution in [0.4, 0.5) is 4.79 Å². The van der Waals surface area contributed by atoms with E-state index in [-0.39, 0.29) is 12.3 Å². The first-order valence-corrected chi connectivity index (χ1v) is 6.23. The summed E-state index contributed by atoms with van der Waals surface area (Å²) < 4.78 is 6.13. The van der Waals surface area contributed by atoms with Crippen molar-refractivity contribution in [2.75, 3.05) is 12.9 Å². The highest BCUT2D eigenvalue weighted by Gasteiger charge is 2.13. The number of nitrogens with one attached hydrogen (secondary N) is 1. The summed E-state index contributed by atoms with van der Waals surface area (Å²) in [5, 5.41) is 10.5. The third-order valence-electron chi connectivity index (χ3n) is 2.05. The van der Waals surface area contributed by atoms with Gasteiger partial charge in [-0.1, -0.05) is 11.8 Å². The van der Waals surface area contributed by atoms with Gasteiger partial charge in [-0.05, 0) is 6.92 Å². The minimum Gasteiger partial charge on any atom is -0.453 e. The molecule has 0 aliphatic heterocycles. The Balaban J connectivity index is 2.55. The molecular weight excluding hydrogens is 258 g/mol. The van der Waals surface area contributed by atoms with Gasteiger partial charge in [0, 0.05) is 6.54 Å². The fourth-order valence-electron chi connectivity index (χ4n) is 1.23. The van der Waals surface area contributed by atoms with Crippen molar-refractivity contribution in [3.05, 3.63) is 5.82 Å². The number of rotatable bonds is 5. The van der Waals surface area contributed by atoms with Gasteiger partial charge in [-0.2, -0.15) is 0 Å². The van der Waals surface area contributed by atoms with Gasteiger partial charge in [-0.25, -0.2) is 4.79 Å². The topological polar surface area (TPSA) is 112 Å². The van der Waals surface area contributed by atoms with E-state index in [0.29, 0.717) is 17.5 Å². The second kappa shape index (κ2) is 6.97. The number of amides is 2. The first kappa shape index (κ1) is 14.5. The zero-order valence-corrected chi connectivity index (χ0v) is 11.0. The second-order valence-electron chi connectivity index (χ2n) is 3.18. The third-order valence-corrected chi connectivity index (χ3v) is 3.02. The Kier molecular flexibility index (Phi) is 5.59. The van der Waals surface area contributed by atoms with E-state index in [1.165, 1.54) is 18.9 Å². The number of hydrogen-bond acceptors (Lipinski definition) is 7. The van der Waals surface area contributed by atoms with E-state index in [0.717, 1.165) is 0 Å². The number of methoxy groups -OCH3 is 1. The van der Waals surface area contributed by atoms with Gasteiger partial charge in [-0.3, -0.25) is 10.1 Å². The lowest BCUT2D eigenvalue weighted by molar-refractivity contribution is -0.117. The number of nitrogens with zero attached hydrogens (tertiary/aromatic N) is 3. The van der Waals surface area contributed by atoms with Gasteiger partial charge in [-0.15, -0.1) is 10.2 Å². The molecule has 1 rings (SSSR count). The van der Waals surface area contributed by atoms with Crippen LogP contribution in [0.1, 0.15) is 12.7 Å². The van der Waals surface area contributed by atoms with Crippen LogP contribution in [0.2, 0.25) is 0 Å². The fourth-order valence-corrected chi connectivity index (χ4v) is 2.05. The lowest BCUT2D eigenvalue weighted by Crippen LogP contribution is -2.31. The van der Waals surface area contributed by atoms with Gasteiger partial charge in [0.25, 0.3) is 0 Å². The van der Waals surface area contributed by atoms with E-state index in [4.69, 9.17) is 5.73 Å². The number of nitrogens with two attached hydrogens (primary N) is 1. The summed E-state index contributed by atoms with van der Waals surface area (Å²) in [6, 6.07) is 0. The van der Waals surface area contributed by atoms with Crippen LogP contribution in [-0.2, 0) is 22.6 Å². The molecule has 0 saturated heterocycles. The van der Waals surface area contributed by atoms with Crippen molar-refractivity contribution in [1.29, 1.82) is 0 Å². The number of thioether (sulfide) groups is 1. The first-order valence-electron chi connectivity index (χ1n) is 5.25. The Hall–Kier alpha value is -1.61. The minimum atomic E-state index is -0.778. The molecule has 1 aromatic rings. The number of ether oxygens (including phenoxy) is 1. The Morgan fingerprint density at radius 3 is 2.78 bits per heavy atom. The lowest BCUT2D eigenvalue weighted by Gasteiger charge is -2.05. The summed E-state index contributed by atoms with van der Waals surface area (Å²) in [7, 11) is 1.19. The zero-order valence-electron chi connectivity index (χ0n) is 10.2. The maximum absolute atomic E-state index is 11.3. The summed E-state index contributed by atoms with van der Waals surface area (Å²) in [5.41, 5.74) is 5.51. The maximum atomic E-state index is 11.3. The predicted molar refractivity (Wildman–Crippen MR) is 64.9 cm³/mol. The van der Waals surface area contributed by atoms with Crippen LogP contribution >= 0.6 is 11.8 Å². The molecule has 0 aliphatic rings. The largest absolute Gasteiger partial charge is 0.453 e. The molecule has 18 heavy (non-hydrogen) atoms. The van der Waals surface area contributed by atoms with Crippen LogP contribution in [-0.4, -0.2) is 39.6 Å². The van der Waals surface area contributed by atoms with Crippen LogP contribution in [0, 0.1) is 0 Å². The van der Waals surface area contributed by atoms with Crippen molar-refractivity contribution < 1.29 is 14.3 Å². The average Bonchev–Trinajstić information content (AvgIpc) is 2.77. The Morgan fingerprint density at radius 1 is 1.50 bits per heavy atom. The number of imide groups is 1. The highest BCUT2D eigenvalue weighted by atomic mass is 32.2. The number of alkyl carbamates (subject to hydrolysis) is 1. The fraction of sp³-hybridized carbons (Fsp3) is 0.556. The SMILES string of the molecule is CCn1c(CN)nnc1SCC(=O)NC(=O)OC. The molecule has 0 spiro atoms. The molecule has 0 radical (unpaired) electrons. The molecule has 1 heterocycles. The minimum absolute atomic E-state index is 0.0534. The normalized spacial score (nSPS) is 10.2. The van der Waals surface area contributed by atoms with Crippen molar-refractivity contribution in [1.82, 2.24) is 20.1 Å². The Labute approximate surface area is 108 Å². The van der Waals surface area contributed by atoms with Gasteiger partial charge in [0.05, 0.1) is 19.4 Å². The smallest absolute Gasteiger partial charge is 0.413 e. The number of hydrogen-bond donors (Lipinski definition) is 2. The van der Waals surface area contributed by atoms with E-state index >= 15 is 0 Å². The lowest BCUT2D eigenvalue weighted by atomic mass is 10.6. The Morgan fingerprint density at radius 2 is 2.22 bits per heavy atom. The van der Waals surface area contributed by atoms with Crippen LogP contribution in [0.25, 0.3) is 0 Å². The quantitative estimate of drug-likeness (QED) is 0.710. The summed E-state index contributed by atoms with van der Waals surface area (Å²) >= 11 is 1.18. The molecule has 3 N–H and O–H groups in total. The van der Waals surface area contributed by atoms with Gasteiger partial charge in [0.15, 0.2) is 5.16 Å². The Bertz CT molecular complexity index is 434. The van der Waals surface area contributed by atoms with Crippen LogP contribution in [0.15, 0.2) is 5.16 Å². The molecular formula is C9H15N5O3S. The van der Waals surface area contributed by atoms with Gasteiger partial charge in [0.1, 0.15) is 5.82 Å². The monoisotopic (exact) mass is 273 g/mol. The molecule has 0 unspecified atom stereocenters. The van der Waals surface area contributed by atoms with E-state index in [1.54, 1.807) is 0 Å². The molecule has 0 bridgehead atoms. The third kappa shape index (κ3) is 3.70. The van der Waals surface area contributed by atoms with Crippen LogP contribution < -0.4 is 11.1 Å². The van der Waals surface area contributed by atoms with Crippen LogP contribution in [0.3, 0.4) is 0 Å². The average molecular weight is 273 g/mol. The molecule has 100 valence electrons. The van der Waals surface area contributed by atoms with Crippen molar-refractivity contribution in [3.8, 4) is 0 Å². The molecule has 8 nitrogen and oxygen atoms in total. The predicted octanol–water partition coefficient (Wildman–Crippen LogP) is -0.269. The summed E-state index contributed by atoms with van der Waals surface area (Å²) in [6.45, 7) is 2.89. The maximum Gasteiger partial charge on any atom is 0.413 e. The van der Waals surface area contributed by atoms with Crippen molar-refractivity contribution in [2.24, 2.45) is 5.73 Å². The van der Waals surface area contributed by atoms with Gasteiger partial charge in [0.2, 0.25) is 5.91 Å². The molecule has 0 atom stereocenters. The number of aromatic nitrogens is 3. The van der Waals surface area contributed by atoms with Gasteiger partial charge < -0.3 is 15.0 Å². The highest BCUT2D eigenvalue weighted by molar-refractivity contribution is 7.99. The zero-order chi connectivity index (χ0) is 13.5. The van der Waals surface area contributed by atoms with E-state index in [9.17, 15) is 9.59 Å². The summed E-state index contributed by atoms with van der Waals surface area (Å²) in [6.07, 6.45) is -0.778. The standard InChI is InChI=1S/C9H15N5O3S/c1-3-14-6(4-10)12-13-8(14)18-5-7(15)11-9(16)17-2/h3-5,10H2,1-2H3,(H,11,15,16). The van der Waals surface area contributed by atoms with E-state index in [1.807, 2.05) is 11.5 Å². The molecule has 0 saturated carbocycles. The van der Waals surface area contributed by atoms with E-state index < -0.39 is 12.0 Å². The molecule has 0 aromatic carbocycles. The molecule has 0 aliphatic carbocycles. The van der Waals surface area contributed by atoms with E-state index in [2.05, 4.69) is 20.3 Å². The van der Waals surface area contributed by atoms with Crippen molar-refractivity contribution >= 4 is 23.8 Å². The number of carbonyl (C=O) groups excluding carboxylic acids is 2. The second-order valence-corrected chi connectivity index (χ2v) is 4.12. The van der Waals surface area contributed by atoms with Crippen molar-refractivity contribution in [3.63, 3.8) is 0 Å². The molecule has 1 aromatic heterocycles. The highest BCUT2D eigenvalue weighted by Crippen LogP contribution is 2.16. The molecule has 0 fully saturated rings. The van der Waals surface area contributed by atoms with Crippen molar-refractivity contribution in [2.45, 2.75) is 25.2 Å². The van der Waals surface area contributed by atoms with Gasteiger partial charge >= 0.3 is 6.09 Å². The summed E-state index contributed by atoms with van der Waals surface area (Å²) in [5.74, 6) is 0.262. The molecule has 9 heteroatoms.